The molecule has 0 saturated carbocycles. The number of nitrogens with zero attached hydrogens (tertiary/aromatic N) is 4. The van der Waals surface area contributed by atoms with Crippen molar-refractivity contribution in [3.05, 3.63) is 52.8 Å². The molecule has 0 atom stereocenters. The van der Waals surface area contributed by atoms with Crippen molar-refractivity contribution in [1.29, 1.82) is 0 Å². The predicted octanol–water partition coefficient (Wildman–Crippen LogP) is 5.49. The fourth-order valence-electron chi connectivity index (χ4n) is 2.47. The van der Waals surface area contributed by atoms with Crippen LogP contribution in [0.2, 0.25) is 5.15 Å². The molecule has 0 aliphatic heterocycles. The first kappa shape index (κ1) is 20.1. The average Bonchev–Trinajstić information content (AvgIpc) is 3.03. The second-order valence-corrected chi connectivity index (χ2v) is 5.29. The summed E-state index contributed by atoms with van der Waals surface area (Å²) in [5.41, 5.74) is 4.26. The molecule has 1 aliphatic rings. The summed E-state index contributed by atoms with van der Waals surface area (Å²) in [6.45, 7) is 9.95. The molecule has 130 valence electrons. The molecule has 24 heavy (non-hydrogen) atoms. The number of hydrogen-bond acceptors (Lipinski definition) is 3. The van der Waals surface area contributed by atoms with Gasteiger partial charge in [-0.1, -0.05) is 51.4 Å². The zero-order valence-electron chi connectivity index (χ0n) is 15.5. The summed E-state index contributed by atoms with van der Waals surface area (Å²) >= 11 is 6.08. The van der Waals surface area contributed by atoms with Gasteiger partial charge in [0.15, 0.2) is 5.82 Å². The number of aryl methyl sites for hydroxylation is 2. The Bertz CT molecular complexity index is 694. The fraction of sp³-hybridized carbons (Fsp3) is 0.421. The van der Waals surface area contributed by atoms with Crippen molar-refractivity contribution in [2.45, 2.75) is 47.5 Å². The lowest BCUT2D eigenvalue weighted by Crippen LogP contribution is -2.02. The molecule has 0 unspecified atom stereocenters. The average molecular weight is 347 g/mol. The van der Waals surface area contributed by atoms with E-state index in [4.69, 9.17) is 11.6 Å². The van der Waals surface area contributed by atoms with Gasteiger partial charge in [-0.05, 0) is 43.0 Å². The monoisotopic (exact) mass is 346 g/mol. The van der Waals surface area contributed by atoms with E-state index >= 15 is 0 Å². The van der Waals surface area contributed by atoms with Crippen molar-refractivity contribution >= 4 is 22.7 Å². The molecule has 0 bridgehead atoms. The Labute approximate surface area is 150 Å². The van der Waals surface area contributed by atoms with Gasteiger partial charge in [-0.15, -0.1) is 10.2 Å². The Balaban J connectivity index is 0.000000671. The second-order valence-electron chi connectivity index (χ2n) is 4.90. The van der Waals surface area contributed by atoms with E-state index in [1.54, 1.807) is 6.33 Å². The van der Waals surface area contributed by atoms with Crippen LogP contribution in [-0.2, 0) is 7.05 Å². The van der Waals surface area contributed by atoms with E-state index in [1.807, 2.05) is 58.4 Å². The van der Waals surface area contributed by atoms with Crippen LogP contribution < -0.4 is 0 Å². The first-order valence-corrected chi connectivity index (χ1v) is 8.92. The highest BCUT2D eigenvalue weighted by atomic mass is 35.5. The van der Waals surface area contributed by atoms with E-state index < -0.39 is 0 Å². The Kier molecular flexibility index (Phi) is 8.41. The highest BCUT2D eigenvalue weighted by molar-refractivity contribution is 6.29. The molecule has 3 rings (SSSR count). The lowest BCUT2D eigenvalue weighted by Gasteiger charge is -2.16. The van der Waals surface area contributed by atoms with Crippen LogP contribution in [0.1, 0.15) is 57.6 Å². The molecular formula is C19H27ClN4. The van der Waals surface area contributed by atoms with E-state index in [2.05, 4.69) is 27.3 Å². The summed E-state index contributed by atoms with van der Waals surface area (Å²) in [5, 5.41) is 8.70. The van der Waals surface area contributed by atoms with E-state index in [0.717, 1.165) is 41.1 Å². The molecule has 2 heterocycles. The van der Waals surface area contributed by atoms with Crippen molar-refractivity contribution in [2.24, 2.45) is 7.05 Å². The highest BCUT2D eigenvalue weighted by Gasteiger charge is 2.17. The molecule has 0 N–H and O–H groups in total. The molecule has 0 saturated heterocycles. The van der Waals surface area contributed by atoms with Gasteiger partial charge in [0.25, 0.3) is 0 Å². The van der Waals surface area contributed by atoms with Gasteiger partial charge >= 0.3 is 0 Å². The summed E-state index contributed by atoms with van der Waals surface area (Å²) < 4.78 is 1.93. The normalized spacial score (nSPS) is 13.0. The maximum Gasteiger partial charge on any atom is 0.163 e. The number of rotatable bonds is 2. The van der Waals surface area contributed by atoms with Crippen LogP contribution in [0.4, 0.5) is 0 Å². The van der Waals surface area contributed by atoms with Crippen LogP contribution >= 0.6 is 11.6 Å². The van der Waals surface area contributed by atoms with Crippen LogP contribution in [-0.4, -0.2) is 19.7 Å². The molecule has 0 aromatic carbocycles. The van der Waals surface area contributed by atoms with Gasteiger partial charge < -0.3 is 4.57 Å². The number of aromatic nitrogens is 4. The fourth-order valence-corrected chi connectivity index (χ4v) is 2.72. The SMILES string of the molecule is CC.CC.Cc1cc(C2=CCCC=C2c2nncn2C)cc(Cl)n1. The molecule has 2 aromatic heterocycles. The minimum atomic E-state index is 0.517. The Hall–Kier alpha value is -1.94. The molecular weight excluding hydrogens is 320 g/mol. The van der Waals surface area contributed by atoms with Crippen LogP contribution in [0.3, 0.4) is 0 Å². The molecule has 0 fully saturated rings. The van der Waals surface area contributed by atoms with Gasteiger partial charge in [-0.3, -0.25) is 0 Å². The van der Waals surface area contributed by atoms with Crippen molar-refractivity contribution in [2.75, 3.05) is 0 Å². The summed E-state index contributed by atoms with van der Waals surface area (Å²) in [6, 6.07) is 3.95. The molecule has 0 amide bonds. The molecule has 1 aliphatic carbocycles. The van der Waals surface area contributed by atoms with Crippen molar-refractivity contribution in [3.63, 3.8) is 0 Å². The number of pyridine rings is 1. The third kappa shape index (κ3) is 4.78. The lowest BCUT2D eigenvalue weighted by atomic mass is 9.91. The number of allylic oxidation sites excluding steroid dienone is 4. The van der Waals surface area contributed by atoms with Crippen molar-refractivity contribution in [1.82, 2.24) is 19.7 Å². The van der Waals surface area contributed by atoms with Gasteiger partial charge in [0, 0.05) is 18.3 Å². The highest BCUT2D eigenvalue weighted by Crippen LogP contribution is 2.35. The molecule has 0 spiro atoms. The molecule has 5 heteroatoms. The zero-order valence-corrected chi connectivity index (χ0v) is 16.2. The Morgan fingerprint density at radius 3 is 2.17 bits per heavy atom. The maximum absolute atomic E-state index is 6.08. The maximum atomic E-state index is 6.08. The topological polar surface area (TPSA) is 43.6 Å². The minimum Gasteiger partial charge on any atom is -0.317 e. The van der Waals surface area contributed by atoms with Gasteiger partial charge in [0.05, 0.1) is 0 Å². The first-order chi connectivity index (χ1) is 11.6. The summed E-state index contributed by atoms with van der Waals surface area (Å²) in [5.74, 6) is 0.876. The quantitative estimate of drug-likeness (QED) is 0.676. The van der Waals surface area contributed by atoms with E-state index in [1.165, 1.54) is 0 Å². The zero-order chi connectivity index (χ0) is 18.1. The Morgan fingerprint density at radius 1 is 1.00 bits per heavy atom. The van der Waals surface area contributed by atoms with Crippen LogP contribution in [0, 0.1) is 6.92 Å². The molecule has 4 nitrogen and oxygen atoms in total. The summed E-state index contributed by atoms with van der Waals surface area (Å²) in [7, 11) is 1.95. The third-order valence-corrected chi connectivity index (χ3v) is 3.53. The molecule has 2 aromatic rings. The Morgan fingerprint density at radius 2 is 1.62 bits per heavy atom. The second kappa shape index (κ2) is 10.0. The predicted molar refractivity (Wildman–Crippen MR) is 103 cm³/mol. The van der Waals surface area contributed by atoms with Crippen LogP contribution in [0.15, 0.2) is 30.6 Å². The number of halogens is 1. The first-order valence-electron chi connectivity index (χ1n) is 8.55. The van der Waals surface area contributed by atoms with E-state index in [-0.39, 0.29) is 0 Å². The summed E-state index contributed by atoms with van der Waals surface area (Å²) in [6.07, 6.45) is 8.20. The van der Waals surface area contributed by atoms with Crippen LogP contribution in [0.5, 0.6) is 0 Å². The van der Waals surface area contributed by atoms with Gasteiger partial charge in [0.1, 0.15) is 11.5 Å². The standard InChI is InChI=1S/C15H15ClN4.2C2H6/c1-10-7-11(8-14(16)18-10)12-5-3-4-6-13(12)15-19-17-9-20(15)2;2*1-2/h5-9H,3-4H2,1-2H3;2*1-2H3. The smallest absolute Gasteiger partial charge is 0.163 e. The van der Waals surface area contributed by atoms with Gasteiger partial charge in [0.2, 0.25) is 0 Å². The van der Waals surface area contributed by atoms with E-state index in [0.29, 0.717) is 5.15 Å². The number of hydrogen-bond donors (Lipinski definition) is 0. The van der Waals surface area contributed by atoms with Gasteiger partial charge in [-0.25, -0.2) is 4.98 Å². The summed E-state index contributed by atoms with van der Waals surface area (Å²) in [4.78, 5) is 4.22. The van der Waals surface area contributed by atoms with Crippen LogP contribution in [0.25, 0.3) is 11.1 Å². The van der Waals surface area contributed by atoms with Crippen molar-refractivity contribution in [3.8, 4) is 0 Å². The molecule has 0 radical (unpaired) electrons. The van der Waals surface area contributed by atoms with E-state index in [9.17, 15) is 0 Å². The lowest BCUT2D eigenvalue weighted by molar-refractivity contribution is 0.887. The van der Waals surface area contributed by atoms with Gasteiger partial charge in [-0.2, -0.15) is 0 Å². The van der Waals surface area contributed by atoms with Crippen molar-refractivity contribution < 1.29 is 0 Å². The minimum absolute atomic E-state index is 0.517. The third-order valence-electron chi connectivity index (χ3n) is 3.34. The largest absolute Gasteiger partial charge is 0.317 e.